The summed E-state index contributed by atoms with van der Waals surface area (Å²) in [5.74, 6) is 1.40. The number of pyridine rings is 1. The standard InChI is InChI=1S/C24H29N5O3S/c1-33(30,31)15-7-18-6-10-29(17-18)24-23-22(25-8-9-26-23)16-21(27-24)19-2-4-20(5-3-19)28-11-13-32-14-12-28/h2-5,8-9,16,18H,6-7,10-15,17H2,1H3/t18-/m0/s1. The van der Waals surface area contributed by atoms with Crippen LogP contribution in [0.5, 0.6) is 0 Å². The minimum atomic E-state index is -2.95. The van der Waals surface area contributed by atoms with Gasteiger partial charge in [0.05, 0.1) is 30.2 Å². The molecule has 4 heterocycles. The first-order chi connectivity index (χ1) is 16.0. The number of hydrogen-bond donors (Lipinski definition) is 0. The maximum absolute atomic E-state index is 11.6. The van der Waals surface area contributed by atoms with Gasteiger partial charge in [0, 0.05) is 56.1 Å². The van der Waals surface area contributed by atoms with E-state index in [-0.39, 0.29) is 5.75 Å². The van der Waals surface area contributed by atoms with Crippen molar-refractivity contribution in [3.05, 3.63) is 42.7 Å². The lowest BCUT2D eigenvalue weighted by Crippen LogP contribution is -2.36. The number of benzene rings is 1. The quantitative estimate of drug-likeness (QED) is 0.547. The highest BCUT2D eigenvalue weighted by Crippen LogP contribution is 2.32. The Balaban J connectivity index is 1.42. The monoisotopic (exact) mass is 467 g/mol. The summed E-state index contributed by atoms with van der Waals surface area (Å²) in [4.78, 5) is 18.7. The van der Waals surface area contributed by atoms with Crippen LogP contribution in [0.25, 0.3) is 22.3 Å². The summed E-state index contributed by atoms with van der Waals surface area (Å²) < 4.78 is 28.6. The molecule has 2 saturated heterocycles. The van der Waals surface area contributed by atoms with E-state index >= 15 is 0 Å². The van der Waals surface area contributed by atoms with E-state index in [0.29, 0.717) is 12.3 Å². The number of nitrogens with zero attached hydrogens (tertiary/aromatic N) is 5. The van der Waals surface area contributed by atoms with E-state index in [4.69, 9.17) is 9.72 Å². The van der Waals surface area contributed by atoms with Gasteiger partial charge in [-0.25, -0.2) is 18.4 Å². The molecule has 0 amide bonds. The lowest BCUT2D eigenvalue weighted by atomic mass is 10.1. The molecule has 0 N–H and O–H groups in total. The Morgan fingerprint density at radius 1 is 1.03 bits per heavy atom. The van der Waals surface area contributed by atoms with Crippen LogP contribution in [0.2, 0.25) is 0 Å². The summed E-state index contributed by atoms with van der Waals surface area (Å²) in [7, 11) is -2.95. The van der Waals surface area contributed by atoms with Crippen molar-refractivity contribution in [1.82, 2.24) is 15.0 Å². The molecule has 2 fully saturated rings. The normalized spacial score (nSPS) is 19.4. The number of ether oxygens (including phenoxy) is 1. The number of morpholine rings is 1. The second-order valence-corrected chi connectivity index (χ2v) is 11.2. The van der Waals surface area contributed by atoms with E-state index in [1.807, 2.05) is 6.07 Å². The lowest BCUT2D eigenvalue weighted by molar-refractivity contribution is 0.122. The van der Waals surface area contributed by atoms with E-state index in [0.717, 1.165) is 73.9 Å². The van der Waals surface area contributed by atoms with Crippen molar-refractivity contribution in [2.75, 3.05) is 61.2 Å². The van der Waals surface area contributed by atoms with Crippen LogP contribution in [-0.4, -0.2) is 74.8 Å². The number of sulfone groups is 1. The molecule has 2 aliphatic rings. The van der Waals surface area contributed by atoms with Gasteiger partial charge in [-0.3, -0.25) is 4.98 Å². The molecule has 0 radical (unpaired) electrons. The highest BCUT2D eigenvalue weighted by Gasteiger charge is 2.26. The van der Waals surface area contributed by atoms with E-state index < -0.39 is 9.84 Å². The molecular weight excluding hydrogens is 438 g/mol. The van der Waals surface area contributed by atoms with E-state index in [1.54, 1.807) is 12.4 Å². The number of fused-ring (bicyclic) bond motifs is 1. The predicted octanol–water partition coefficient (Wildman–Crippen LogP) is 2.79. The molecule has 0 spiro atoms. The minimum Gasteiger partial charge on any atom is -0.378 e. The van der Waals surface area contributed by atoms with Gasteiger partial charge in [0.1, 0.15) is 15.4 Å². The van der Waals surface area contributed by atoms with Gasteiger partial charge in [-0.15, -0.1) is 0 Å². The van der Waals surface area contributed by atoms with Gasteiger partial charge in [0.25, 0.3) is 0 Å². The molecule has 0 bridgehead atoms. The number of anilines is 2. The van der Waals surface area contributed by atoms with Crippen molar-refractivity contribution in [3.63, 3.8) is 0 Å². The summed E-state index contributed by atoms with van der Waals surface area (Å²) in [6.45, 7) is 4.96. The van der Waals surface area contributed by atoms with Gasteiger partial charge in [-0.1, -0.05) is 12.1 Å². The molecule has 2 aromatic heterocycles. The highest BCUT2D eigenvalue weighted by atomic mass is 32.2. The molecule has 1 atom stereocenters. The fourth-order valence-electron chi connectivity index (χ4n) is 4.63. The van der Waals surface area contributed by atoms with E-state index in [9.17, 15) is 8.42 Å². The largest absolute Gasteiger partial charge is 0.378 e. The average Bonchev–Trinajstić information content (AvgIpc) is 3.31. The molecule has 5 rings (SSSR count). The van der Waals surface area contributed by atoms with Gasteiger partial charge in [-0.2, -0.15) is 0 Å². The number of aromatic nitrogens is 3. The minimum absolute atomic E-state index is 0.231. The first-order valence-corrected chi connectivity index (χ1v) is 13.5. The van der Waals surface area contributed by atoms with Crippen LogP contribution >= 0.6 is 0 Å². The van der Waals surface area contributed by atoms with Crippen molar-refractivity contribution in [3.8, 4) is 11.3 Å². The van der Waals surface area contributed by atoms with Gasteiger partial charge in [-0.05, 0) is 37.0 Å². The molecule has 9 heteroatoms. The zero-order chi connectivity index (χ0) is 22.8. The maximum Gasteiger partial charge on any atom is 0.157 e. The first kappa shape index (κ1) is 22.0. The molecule has 8 nitrogen and oxygen atoms in total. The second kappa shape index (κ2) is 9.23. The molecule has 33 heavy (non-hydrogen) atoms. The first-order valence-electron chi connectivity index (χ1n) is 11.4. The van der Waals surface area contributed by atoms with Crippen molar-refractivity contribution in [1.29, 1.82) is 0 Å². The van der Waals surface area contributed by atoms with E-state index in [1.165, 1.54) is 11.9 Å². The topological polar surface area (TPSA) is 88.5 Å². The SMILES string of the molecule is CS(=O)(=O)CC[C@@H]1CCN(c2nc(-c3ccc(N4CCOCC4)cc3)cc3nccnc23)C1. The summed E-state index contributed by atoms with van der Waals surface area (Å²) in [5.41, 5.74) is 4.69. The molecule has 174 valence electrons. The lowest BCUT2D eigenvalue weighted by Gasteiger charge is -2.29. The fourth-order valence-corrected chi connectivity index (χ4v) is 5.39. The third kappa shape index (κ3) is 5.09. The van der Waals surface area contributed by atoms with Crippen LogP contribution in [-0.2, 0) is 14.6 Å². The number of hydrogen-bond acceptors (Lipinski definition) is 8. The third-order valence-corrected chi connectivity index (χ3v) is 7.44. The zero-order valence-corrected chi connectivity index (χ0v) is 19.7. The van der Waals surface area contributed by atoms with Gasteiger partial charge in [0.15, 0.2) is 5.82 Å². The Hall–Kier alpha value is -2.78. The summed E-state index contributed by atoms with van der Waals surface area (Å²) in [6.07, 6.45) is 6.34. The van der Waals surface area contributed by atoms with Gasteiger partial charge >= 0.3 is 0 Å². The third-order valence-electron chi connectivity index (χ3n) is 6.46. The average molecular weight is 468 g/mol. The van der Waals surface area contributed by atoms with Crippen molar-refractivity contribution in [2.24, 2.45) is 5.92 Å². The summed E-state index contributed by atoms with van der Waals surface area (Å²) in [5, 5.41) is 0. The fraction of sp³-hybridized carbons (Fsp3) is 0.458. The van der Waals surface area contributed by atoms with Crippen LogP contribution in [0.4, 0.5) is 11.5 Å². The van der Waals surface area contributed by atoms with Gasteiger partial charge in [0.2, 0.25) is 0 Å². The van der Waals surface area contributed by atoms with E-state index in [2.05, 4.69) is 44.0 Å². The maximum atomic E-state index is 11.6. The molecule has 3 aromatic rings. The predicted molar refractivity (Wildman–Crippen MR) is 130 cm³/mol. The number of rotatable bonds is 6. The Kier molecular flexibility index (Phi) is 6.16. The molecule has 0 aliphatic carbocycles. The van der Waals surface area contributed by atoms with Crippen LogP contribution < -0.4 is 9.80 Å². The molecule has 2 aliphatic heterocycles. The molecular formula is C24H29N5O3S. The van der Waals surface area contributed by atoms with Crippen LogP contribution in [0.1, 0.15) is 12.8 Å². The van der Waals surface area contributed by atoms with Crippen molar-refractivity contribution < 1.29 is 13.2 Å². The van der Waals surface area contributed by atoms with Gasteiger partial charge < -0.3 is 14.5 Å². The molecule has 0 unspecified atom stereocenters. The van der Waals surface area contributed by atoms with Crippen LogP contribution in [0, 0.1) is 5.92 Å². The van der Waals surface area contributed by atoms with Crippen LogP contribution in [0.15, 0.2) is 42.7 Å². The Labute approximate surface area is 194 Å². The molecule has 0 saturated carbocycles. The Bertz CT molecular complexity index is 1230. The zero-order valence-electron chi connectivity index (χ0n) is 18.9. The van der Waals surface area contributed by atoms with Crippen LogP contribution in [0.3, 0.4) is 0 Å². The summed E-state index contributed by atoms with van der Waals surface area (Å²) in [6, 6.07) is 10.5. The highest BCUT2D eigenvalue weighted by molar-refractivity contribution is 7.90. The second-order valence-electron chi connectivity index (χ2n) is 8.92. The summed E-state index contributed by atoms with van der Waals surface area (Å²) >= 11 is 0. The smallest absolute Gasteiger partial charge is 0.157 e. The molecule has 1 aromatic carbocycles. The van der Waals surface area contributed by atoms with Crippen molar-refractivity contribution >= 4 is 32.4 Å². The Morgan fingerprint density at radius 3 is 2.55 bits per heavy atom. The van der Waals surface area contributed by atoms with Crippen molar-refractivity contribution in [2.45, 2.75) is 12.8 Å². The Morgan fingerprint density at radius 2 is 1.79 bits per heavy atom.